The van der Waals surface area contributed by atoms with Crippen molar-refractivity contribution in [2.45, 2.75) is 6.42 Å². The van der Waals surface area contributed by atoms with Crippen molar-refractivity contribution in [3.8, 4) is 6.07 Å². The molecule has 0 aliphatic heterocycles. The van der Waals surface area contributed by atoms with Crippen molar-refractivity contribution < 1.29 is 0 Å². The lowest BCUT2D eigenvalue weighted by Gasteiger charge is -2.03. The first-order valence-corrected chi connectivity index (χ1v) is 4.16. The summed E-state index contributed by atoms with van der Waals surface area (Å²) in [5.74, 6) is 0. The number of hydrogen-bond acceptors (Lipinski definition) is 2. The Morgan fingerprint density at radius 2 is 2.31 bits per heavy atom. The average Bonchev–Trinajstić information content (AvgIpc) is 2.18. The first-order valence-electron chi connectivity index (χ1n) is 4.16. The fourth-order valence-corrected chi connectivity index (χ4v) is 1.13. The summed E-state index contributed by atoms with van der Waals surface area (Å²) in [6, 6.07) is 9.50. The third-order valence-corrected chi connectivity index (χ3v) is 1.85. The second-order valence-corrected chi connectivity index (χ2v) is 2.83. The van der Waals surface area contributed by atoms with Gasteiger partial charge in [0.2, 0.25) is 0 Å². The van der Waals surface area contributed by atoms with Crippen LogP contribution in [-0.4, -0.2) is 6.54 Å². The van der Waals surface area contributed by atoms with Gasteiger partial charge in [-0.15, -0.1) is 0 Å². The van der Waals surface area contributed by atoms with E-state index >= 15 is 0 Å². The Hall–Kier alpha value is -1.59. The predicted octanol–water partition coefficient (Wildman–Crippen LogP) is 1.92. The van der Waals surface area contributed by atoms with E-state index in [1.165, 1.54) is 0 Å². The van der Waals surface area contributed by atoms with Gasteiger partial charge in [-0.25, -0.2) is 0 Å². The molecule has 0 saturated heterocycles. The van der Waals surface area contributed by atoms with Crippen LogP contribution in [0, 0.1) is 11.3 Å². The maximum Gasteiger partial charge on any atom is 0.0991 e. The summed E-state index contributed by atoms with van der Waals surface area (Å²) in [4.78, 5) is 0. The second kappa shape index (κ2) is 4.44. The van der Waals surface area contributed by atoms with Gasteiger partial charge < -0.3 is 5.73 Å². The van der Waals surface area contributed by atoms with Gasteiger partial charge in [0.1, 0.15) is 0 Å². The number of hydrogen-bond donors (Lipinski definition) is 1. The van der Waals surface area contributed by atoms with Crippen molar-refractivity contribution in [2.75, 3.05) is 6.54 Å². The molecule has 0 aliphatic carbocycles. The summed E-state index contributed by atoms with van der Waals surface area (Å²) < 4.78 is 0. The molecule has 0 aliphatic rings. The molecule has 1 rings (SSSR count). The zero-order valence-electron chi connectivity index (χ0n) is 7.46. The molecule has 13 heavy (non-hydrogen) atoms. The Morgan fingerprint density at radius 1 is 1.54 bits per heavy atom. The minimum atomic E-state index is 0.593. The van der Waals surface area contributed by atoms with Crippen LogP contribution >= 0.6 is 0 Å². The number of nitrogens with zero attached hydrogens (tertiary/aromatic N) is 1. The van der Waals surface area contributed by atoms with Crippen LogP contribution in [0.1, 0.15) is 17.5 Å². The SMILES string of the molecule is C=C(CCN)c1cccc(C#N)c1. The van der Waals surface area contributed by atoms with E-state index in [-0.39, 0.29) is 0 Å². The summed E-state index contributed by atoms with van der Waals surface area (Å²) in [6.07, 6.45) is 0.773. The van der Waals surface area contributed by atoms with Gasteiger partial charge in [0, 0.05) is 0 Å². The smallest absolute Gasteiger partial charge is 0.0991 e. The summed E-state index contributed by atoms with van der Waals surface area (Å²) in [5.41, 5.74) is 8.06. The van der Waals surface area contributed by atoms with E-state index in [2.05, 4.69) is 12.6 Å². The molecule has 0 atom stereocenters. The fourth-order valence-electron chi connectivity index (χ4n) is 1.13. The molecule has 0 saturated carbocycles. The van der Waals surface area contributed by atoms with Crippen molar-refractivity contribution in [2.24, 2.45) is 5.73 Å². The van der Waals surface area contributed by atoms with Gasteiger partial charge >= 0.3 is 0 Å². The molecule has 2 N–H and O–H groups in total. The molecule has 66 valence electrons. The molecule has 1 aromatic carbocycles. The Balaban J connectivity index is 2.90. The van der Waals surface area contributed by atoms with E-state index in [1.54, 1.807) is 6.07 Å². The van der Waals surface area contributed by atoms with Gasteiger partial charge in [-0.05, 0) is 36.2 Å². The number of nitriles is 1. The molecule has 0 amide bonds. The summed E-state index contributed by atoms with van der Waals surface area (Å²) in [6.45, 7) is 4.49. The van der Waals surface area contributed by atoms with E-state index < -0.39 is 0 Å². The van der Waals surface area contributed by atoms with Gasteiger partial charge in [-0.3, -0.25) is 0 Å². The monoisotopic (exact) mass is 172 g/mol. The topological polar surface area (TPSA) is 49.8 Å². The third kappa shape index (κ3) is 2.43. The van der Waals surface area contributed by atoms with Crippen molar-refractivity contribution in [3.63, 3.8) is 0 Å². The number of benzene rings is 1. The summed E-state index contributed by atoms with van der Waals surface area (Å²) in [5, 5.41) is 8.67. The quantitative estimate of drug-likeness (QED) is 0.757. The normalized spacial score (nSPS) is 9.23. The highest BCUT2D eigenvalue weighted by molar-refractivity contribution is 5.64. The van der Waals surface area contributed by atoms with Gasteiger partial charge in [0.15, 0.2) is 0 Å². The first kappa shape index (κ1) is 9.50. The van der Waals surface area contributed by atoms with E-state index in [4.69, 9.17) is 11.0 Å². The minimum Gasteiger partial charge on any atom is -0.330 e. The lowest BCUT2D eigenvalue weighted by Crippen LogP contribution is -1.99. The van der Waals surface area contributed by atoms with Crippen molar-refractivity contribution in [1.82, 2.24) is 0 Å². The van der Waals surface area contributed by atoms with Crippen molar-refractivity contribution in [1.29, 1.82) is 5.26 Å². The van der Waals surface area contributed by atoms with E-state index in [0.717, 1.165) is 17.6 Å². The van der Waals surface area contributed by atoms with Crippen LogP contribution < -0.4 is 5.73 Å². The third-order valence-electron chi connectivity index (χ3n) is 1.85. The summed E-state index contributed by atoms with van der Waals surface area (Å²) in [7, 11) is 0. The Bertz CT molecular complexity index is 347. The van der Waals surface area contributed by atoms with Crippen LogP contribution in [0.3, 0.4) is 0 Å². The lowest BCUT2D eigenvalue weighted by molar-refractivity contribution is 1.02. The van der Waals surface area contributed by atoms with Crippen LogP contribution in [0.4, 0.5) is 0 Å². The number of nitrogens with two attached hydrogens (primary N) is 1. The highest BCUT2D eigenvalue weighted by atomic mass is 14.5. The van der Waals surface area contributed by atoms with E-state index in [9.17, 15) is 0 Å². The zero-order valence-corrected chi connectivity index (χ0v) is 7.46. The predicted molar refractivity (Wildman–Crippen MR) is 53.9 cm³/mol. The molecule has 2 heteroatoms. The van der Waals surface area contributed by atoms with Crippen molar-refractivity contribution in [3.05, 3.63) is 42.0 Å². The molecule has 2 nitrogen and oxygen atoms in total. The second-order valence-electron chi connectivity index (χ2n) is 2.83. The van der Waals surface area contributed by atoms with Gasteiger partial charge in [-0.2, -0.15) is 5.26 Å². The van der Waals surface area contributed by atoms with Crippen molar-refractivity contribution >= 4 is 5.57 Å². The Morgan fingerprint density at radius 3 is 2.92 bits per heavy atom. The molecule has 0 aromatic heterocycles. The van der Waals surface area contributed by atoms with Crippen LogP contribution in [0.2, 0.25) is 0 Å². The minimum absolute atomic E-state index is 0.593. The van der Waals surface area contributed by atoms with Gasteiger partial charge in [-0.1, -0.05) is 18.7 Å². The average molecular weight is 172 g/mol. The molecular weight excluding hydrogens is 160 g/mol. The summed E-state index contributed by atoms with van der Waals surface area (Å²) >= 11 is 0. The van der Waals surface area contributed by atoms with Crippen LogP contribution in [0.15, 0.2) is 30.8 Å². The van der Waals surface area contributed by atoms with Gasteiger partial charge in [0.05, 0.1) is 11.6 Å². The Kier molecular flexibility index (Phi) is 3.24. The van der Waals surface area contributed by atoms with E-state index in [1.807, 2.05) is 18.2 Å². The maximum atomic E-state index is 8.67. The molecule has 1 aromatic rings. The molecule has 0 radical (unpaired) electrons. The maximum absolute atomic E-state index is 8.67. The van der Waals surface area contributed by atoms with Crippen LogP contribution in [0.5, 0.6) is 0 Å². The first-order chi connectivity index (χ1) is 6.27. The highest BCUT2D eigenvalue weighted by Gasteiger charge is 1.98. The zero-order chi connectivity index (χ0) is 9.68. The standard InChI is InChI=1S/C11H12N2/c1-9(5-6-12)11-4-2-3-10(7-11)8-13/h2-4,7H,1,5-6,12H2. The molecule has 0 heterocycles. The fraction of sp³-hybridized carbons (Fsp3) is 0.182. The van der Waals surface area contributed by atoms with E-state index in [0.29, 0.717) is 12.1 Å². The molecule has 0 unspecified atom stereocenters. The largest absolute Gasteiger partial charge is 0.330 e. The number of rotatable bonds is 3. The molecule has 0 bridgehead atoms. The lowest BCUT2D eigenvalue weighted by atomic mass is 10.0. The Labute approximate surface area is 78.3 Å². The van der Waals surface area contributed by atoms with Crippen LogP contribution in [-0.2, 0) is 0 Å². The molecule has 0 spiro atoms. The highest BCUT2D eigenvalue weighted by Crippen LogP contribution is 2.16. The van der Waals surface area contributed by atoms with Gasteiger partial charge in [0.25, 0.3) is 0 Å². The van der Waals surface area contributed by atoms with Crippen LogP contribution in [0.25, 0.3) is 5.57 Å². The molecule has 0 fully saturated rings. The molecular formula is C11H12N2.